The highest BCUT2D eigenvalue weighted by molar-refractivity contribution is 5.76. The number of hydrogen-bond donors (Lipinski definition) is 9. The van der Waals surface area contributed by atoms with Crippen molar-refractivity contribution >= 4 is 5.91 Å². The number of carbonyl (C=O) groups excluding carboxylic acids is 1. The van der Waals surface area contributed by atoms with Crippen LogP contribution >= 0.6 is 0 Å². The van der Waals surface area contributed by atoms with Crippen molar-refractivity contribution in [1.29, 1.82) is 0 Å². The van der Waals surface area contributed by atoms with E-state index in [-0.39, 0.29) is 18.9 Å². The van der Waals surface area contributed by atoms with Gasteiger partial charge >= 0.3 is 0 Å². The molecular formula is C53H87NO13. The summed E-state index contributed by atoms with van der Waals surface area (Å²) < 4.78 is 22.6. The Morgan fingerprint density at radius 2 is 1.04 bits per heavy atom. The fourth-order valence-electron chi connectivity index (χ4n) is 7.42. The van der Waals surface area contributed by atoms with E-state index < -0.39 is 86.8 Å². The monoisotopic (exact) mass is 946 g/mol. The molecular weight excluding hydrogens is 859 g/mol. The molecule has 2 heterocycles. The number of ether oxygens (including phenoxy) is 4. The number of allylic oxidation sites excluding steroid dienone is 15. The van der Waals surface area contributed by atoms with Crippen LogP contribution in [0.25, 0.3) is 0 Å². The van der Waals surface area contributed by atoms with E-state index in [4.69, 9.17) is 18.9 Å². The van der Waals surface area contributed by atoms with Gasteiger partial charge < -0.3 is 65.1 Å². The van der Waals surface area contributed by atoms with Gasteiger partial charge in [0.2, 0.25) is 5.91 Å². The van der Waals surface area contributed by atoms with E-state index in [2.05, 4.69) is 104 Å². The summed E-state index contributed by atoms with van der Waals surface area (Å²) in [6, 6.07) is -0.959. The summed E-state index contributed by atoms with van der Waals surface area (Å²) in [5.41, 5.74) is 0. The van der Waals surface area contributed by atoms with Crippen LogP contribution in [0.2, 0.25) is 0 Å². The summed E-state index contributed by atoms with van der Waals surface area (Å²) in [4.78, 5) is 13.1. The summed E-state index contributed by atoms with van der Waals surface area (Å²) in [7, 11) is 0. The molecule has 2 fully saturated rings. The van der Waals surface area contributed by atoms with Gasteiger partial charge in [0.25, 0.3) is 0 Å². The third-order valence-corrected chi connectivity index (χ3v) is 11.5. The van der Waals surface area contributed by atoms with Gasteiger partial charge in [0.15, 0.2) is 12.6 Å². The van der Waals surface area contributed by atoms with Crippen LogP contribution in [0.3, 0.4) is 0 Å². The molecule has 9 N–H and O–H groups in total. The normalized spacial score (nSPS) is 27.4. The van der Waals surface area contributed by atoms with Crippen molar-refractivity contribution in [3.63, 3.8) is 0 Å². The zero-order valence-electron chi connectivity index (χ0n) is 40.3. The van der Waals surface area contributed by atoms with Crippen LogP contribution in [0.4, 0.5) is 0 Å². The molecule has 14 nitrogen and oxygen atoms in total. The van der Waals surface area contributed by atoms with Crippen LogP contribution in [0.1, 0.15) is 136 Å². The number of carbonyl (C=O) groups is 1. The number of amides is 1. The first-order valence-electron chi connectivity index (χ1n) is 25.0. The lowest BCUT2D eigenvalue weighted by Crippen LogP contribution is -2.65. The number of unbranched alkanes of at least 4 members (excludes halogenated alkanes) is 9. The minimum Gasteiger partial charge on any atom is -0.394 e. The predicted octanol–water partition coefficient (Wildman–Crippen LogP) is 6.37. The fraction of sp³-hybridized carbons (Fsp3) is 0.679. The largest absolute Gasteiger partial charge is 0.394 e. The summed E-state index contributed by atoms with van der Waals surface area (Å²) in [5, 5.41) is 86.6. The molecule has 67 heavy (non-hydrogen) atoms. The lowest BCUT2D eigenvalue weighted by molar-refractivity contribution is -0.359. The highest BCUT2D eigenvalue weighted by Gasteiger charge is 2.51. The molecule has 382 valence electrons. The van der Waals surface area contributed by atoms with Gasteiger partial charge in [-0.25, -0.2) is 0 Å². The van der Waals surface area contributed by atoms with E-state index in [1.807, 2.05) is 6.08 Å². The number of hydrogen-bond acceptors (Lipinski definition) is 13. The SMILES string of the molecule is CC/C=C\C/C=C\C/C=C\C/C=C\C/C=C\C/C=C\CCCCC(=O)NC(COC1OC(CO)C(OC2OC(CO)C(O)C(O)C2O)C(O)C1O)C(O)/C=C/CC/C=C/CCCCCCCC. The second-order valence-electron chi connectivity index (χ2n) is 17.2. The van der Waals surface area contributed by atoms with Crippen LogP contribution in [0.15, 0.2) is 97.2 Å². The van der Waals surface area contributed by atoms with E-state index in [1.54, 1.807) is 6.08 Å². The molecule has 0 bridgehead atoms. The van der Waals surface area contributed by atoms with Crippen molar-refractivity contribution < 1.29 is 64.6 Å². The molecule has 0 aromatic rings. The second-order valence-corrected chi connectivity index (χ2v) is 17.2. The van der Waals surface area contributed by atoms with E-state index in [9.17, 15) is 45.6 Å². The Morgan fingerprint density at radius 1 is 0.552 bits per heavy atom. The minimum absolute atomic E-state index is 0.212. The summed E-state index contributed by atoms with van der Waals surface area (Å²) in [6.07, 6.45) is 34.5. The molecule has 2 aliphatic heterocycles. The second kappa shape index (κ2) is 38.7. The Morgan fingerprint density at radius 3 is 1.64 bits per heavy atom. The van der Waals surface area contributed by atoms with E-state index in [0.29, 0.717) is 12.8 Å². The average molecular weight is 946 g/mol. The molecule has 0 saturated carbocycles. The van der Waals surface area contributed by atoms with Crippen molar-refractivity contribution in [3.05, 3.63) is 97.2 Å². The molecule has 0 aromatic carbocycles. The van der Waals surface area contributed by atoms with Crippen LogP contribution in [0.5, 0.6) is 0 Å². The highest BCUT2D eigenvalue weighted by atomic mass is 16.7. The van der Waals surface area contributed by atoms with E-state index >= 15 is 0 Å². The summed E-state index contributed by atoms with van der Waals surface area (Å²) in [5.74, 6) is -0.298. The van der Waals surface area contributed by atoms with E-state index in [0.717, 1.165) is 64.2 Å². The Kier molecular flexibility index (Phi) is 34.7. The van der Waals surface area contributed by atoms with Gasteiger partial charge in [-0.3, -0.25) is 4.79 Å². The van der Waals surface area contributed by atoms with Gasteiger partial charge in [-0.2, -0.15) is 0 Å². The molecule has 2 saturated heterocycles. The van der Waals surface area contributed by atoms with Crippen molar-refractivity contribution in [3.8, 4) is 0 Å². The van der Waals surface area contributed by atoms with Crippen LogP contribution in [0, 0.1) is 0 Å². The number of rotatable bonds is 36. The molecule has 2 aliphatic rings. The maximum Gasteiger partial charge on any atom is 0.220 e. The molecule has 12 atom stereocenters. The Labute approximate surface area is 401 Å². The van der Waals surface area contributed by atoms with Crippen molar-refractivity contribution in [2.75, 3.05) is 19.8 Å². The topological polar surface area (TPSA) is 228 Å². The van der Waals surface area contributed by atoms with Crippen molar-refractivity contribution in [1.82, 2.24) is 5.32 Å². The lowest BCUT2D eigenvalue weighted by Gasteiger charge is -2.46. The van der Waals surface area contributed by atoms with E-state index in [1.165, 1.54) is 38.5 Å². The zero-order valence-corrected chi connectivity index (χ0v) is 40.3. The maximum absolute atomic E-state index is 13.1. The molecule has 2 rings (SSSR count). The van der Waals surface area contributed by atoms with Gasteiger partial charge in [0.1, 0.15) is 48.8 Å². The molecule has 12 unspecified atom stereocenters. The minimum atomic E-state index is -1.80. The third-order valence-electron chi connectivity index (χ3n) is 11.5. The molecule has 0 aromatic heterocycles. The first-order chi connectivity index (χ1) is 32.6. The van der Waals surface area contributed by atoms with Crippen LogP contribution in [-0.4, -0.2) is 140 Å². The summed E-state index contributed by atoms with van der Waals surface area (Å²) in [6.45, 7) is 2.57. The van der Waals surface area contributed by atoms with Crippen molar-refractivity contribution in [2.45, 2.75) is 209 Å². The van der Waals surface area contributed by atoms with Gasteiger partial charge in [-0.15, -0.1) is 0 Å². The maximum atomic E-state index is 13.1. The first-order valence-corrected chi connectivity index (χ1v) is 25.0. The fourth-order valence-corrected chi connectivity index (χ4v) is 7.42. The van der Waals surface area contributed by atoms with Crippen LogP contribution < -0.4 is 5.32 Å². The number of aliphatic hydroxyl groups is 8. The molecule has 0 aliphatic carbocycles. The standard InChI is InChI=1S/C53H87NO13/c1-3-5-7-9-11-13-15-17-18-19-20-21-22-23-24-25-27-29-31-33-35-37-45(58)54-41(42(57)36-34-32-30-28-26-16-14-12-10-8-6-4-2)40-64-52-50(63)48(61)51(44(39-56)66-52)67-53-49(62)47(60)46(59)43(38-55)65-53/h5,7,11,13,17-18,20-21,23-24,26-29,34,36,41-44,46-53,55-57,59-63H,3-4,6,8-10,12,14-16,19,22,25,30-33,35,37-40H2,1-2H3,(H,54,58)/b7-5-,13-11-,18-17-,21-20-,24-23-,28-26+,29-27-,36-34+. The molecule has 0 spiro atoms. The molecule has 0 radical (unpaired) electrons. The van der Waals surface area contributed by atoms with Crippen molar-refractivity contribution in [2.24, 2.45) is 0 Å². The van der Waals surface area contributed by atoms with Gasteiger partial charge in [-0.1, -0.05) is 143 Å². The number of nitrogens with one attached hydrogen (secondary N) is 1. The zero-order chi connectivity index (χ0) is 48.9. The molecule has 14 heteroatoms. The summed E-state index contributed by atoms with van der Waals surface area (Å²) >= 11 is 0. The Bertz CT molecular complexity index is 1490. The van der Waals surface area contributed by atoms with Gasteiger partial charge in [0, 0.05) is 6.42 Å². The first kappa shape index (κ1) is 60.0. The Hall–Kier alpha value is -3.09. The smallest absolute Gasteiger partial charge is 0.220 e. The quantitative estimate of drug-likeness (QED) is 0.0246. The van der Waals surface area contributed by atoms with Gasteiger partial charge in [-0.05, 0) is 83.5 Å². The predicted molar refractivity (Wildman–Crippen MR) is 262 cm³/mol. The highest BCUT2D eigenvalue weighted by Crippen LogP contribution is 2.30. The average Bonchev–Trinajstić information content (AvgIpc) is 3.32. The third kappa shape index (κ3) is 25.9. The number of aliphatic hydroxyl groups excluding tert-OH is 8. The lowest BCUT2D eigenvalue weighted by atomic mass is 9.97. The molecule has 1 amide bonds. The van der Waals surface area contributed by atoms with Crippen LogP contribution in [-0.2, 0) is 23.7 Å². The van der Waals surface area contributed by atoms with Gasteiger partial charge in [0.05, 0.1) is 32.0 Å². The Balaban J connectivity index is 1.88.